The molecule has 1 saturated heterocycles. The van der Waals surface area contributed by atoms with Crippen LogP contribution in [0.1, 0.15) is 39.9 Å². The molecule has 168 valence electrons. The van der Waals surface area contributed by atoms with Gasteiger partial charge in [0.15, 0.2) is 0 Å². The number of nitrogens with one attached hydrogen (secondary N) is 1. The minimum absolute atomic E-state index is 0.0314. The molecule has 1 aliphatic rings. The number of hydrogen-bond acceptors (Lipinski definition) is 3. The second kappa shape index (κ2) is 10.6. The van der Waals surface area contributed by atoms with Crippen molar-refractivity contribution in [3.8, 4) is 5.75 Å². The van der Waals surface area contributed by atoms with Crippen LogP contribution in [-0.2, 0) is 11.4 Å². The number of amides is 2. The van der Waals surface area contributed by atoms with Crippen LogP contribution in [-0.4, -0.2) is 29.8 Å². The van der Waals surface area contributed by atoms with Gasteiger partial charge >= 0.3 is 0 Å². The molecule has 0 aliphatic carbocycles. The van der Waals surface area contributed by atoms with Crippen molar-refractivity contribution in [2.75, 3.05) is 18.4 Å². The Bertz CT molecular complexity index is 1150. The number of hydrogen-bond donors (Lipinski definition) is 1. The second-order valence-corrected chi connectivity index (χ2v) is 8.15. The third-order valence-corrected chi connectivity index (χ3v) is 5.75. The summed E-state index contributed by atoms with van der Waals surface area (Å²) >= 11 is 0. The van der Waals surface area contributed by atoms with Gasteiger partial charge in [-0.15, -0.1) is 0 Å². The summed E-state index contributed by atoms with van der Waals surface area (Å²) in [5, 5.41) is 2.90. The lowest BCUT2D eigenvalue weighted by Gasteiger charge is -2.18. The van der Waals surface area contributed by atoms with Gasteiger partial charge in [-0.3, -0.25) is 9.59 Å². The molecule has 4 rings (SSSR count). The highest BCUT2D eigenvalue weighted by molar-refractivity contribution is 6.04. The Kier molecular flexibility index (Phi) is 7.20. The van der Waals surface area contributed by atoms with E-state index < -0.39 is 0 Å². The third-order valence-electron chi connectivity index (χ3n) is 5.75. The largest absolute Gasteiger partial charge is 0.489 e. The van der Waals surface area contributed by atoms with Crippen LogP contribution in [0.25, 0.3) is 6.08 Å². The van der Waals surface area contributed by atoms with Gasteiger partial charge in [0.25, 0.3) is 5.91 Å². The van der Waals surface area contributed by atoms with E-state index in [1.54, 1.807) is 6.08 Å². The summed E-state index contributed by atoms with van der Waals surface area (Å²) in [6.07, 6.45) is 5.33. The van der Waals surface area contributed by atoms with E-state index in [0.29, 0.717) is 17.9 Å². The fourth-order valence-electron chi connectivity index (χ4n) is 3.89. The van der Waals surface area contributed by atoms with Crippen molar-refractivity contribution >= 4 is 23.6 Å². The summed E-state index contributed by atoms with van der Waals surface area (Å²) in [6, 6.07) is 23.0. The van der Waals surface area contributed by atoms with E-state index in [0.717, 1.165) is 48.4 Å². The monoisotopic (exact) mass is 440 g/mol. The summed E-state index contributed by atoms with van der Waals surface area (Å²) in [4.78, 5) is 27.2. The van der Waals surface area contributed by atoms with Crippen molar-refractivity contribution in [2.24, 2.45) is 0 Å². The molecule has 3 aromatic rings. The molecule has 1 aliphatic heterocycles. The molecule has 5 nitrogen and oxygen atoms in total. The van der Waals surface area contributed by atoms with E-state index in [1.807, 2.05) is 84.6 Å². The van der Waals surface area contributed by atoms with Crippen LogP contribution in [0.5, 0.6) is 5.75 Å². The fraction of sp³-hybridized carbons (Fsp3) is 0.214. The normalized spacial score (nSPS) is 13.3. The minimum atomic E-state index is -0.250. The highest BCUT2D eigenvalue weighted by atomic mass is 16.5. The van der Waals surface area contributed by atoms with Crippen LogP contribution >= 0.6 is 0 Å². The van der Waals surface area contributed by atoms with E-state index in [4.69, 9.17) is 4.74 Å². The molecule has 0 atom stereocenters. The molecule has 33 heavy (non-hydrogen) atoms. The Morgan fingerprint density at radius 1 is 0.970 bits per heavy atom. The summed E-state index contributed by atoms with van der Waals surface area (Å²) in [6.45, 7) is 3.95. The van der Waals surface area contributed by atoms with Gasteiger partial charge in [0.2, 0.25) is 5.91 Å². The lowest BCUT2D eigenvalue weighted by atomic mass is 10.1. The Labute approximate surface area is 194 Å². The fourth-order valence-corrected chi connectivity index (χ4v) is 3.89. The molecule has 0 unspecified atom stereocenters. The molecule has 1 fully saturated rings. The number of carbonyl (C=O) groups excluding carboxylic acids is 2. The smallest absolute Gasteiger partial charge is 0.254 e. The first-order valence-electron chi connectivity index (χ1n) is 11.2. The Morgan fingerprint density at radius 2 is 1.73 bits per heavy atom. The molecule has 0 bridgehead atoms. The predicted octanol–water partition coefficient (Wildman–Crippen LogP) is 5.46. The number of carbonyl (C=O) groups is 2. The van der Waals surface area contributed by atoms with Crippen molar-refractivity contribution in [1.82, 2.24) is 4.90 Å². The van der Waals surface area contributed by atoms with Gasteiger partial charge in [0.05, 0.1) is 0 Å². The van der Waals surface area contributed by atoms with Gasteiger partial charge in [0.1, 0.15) is 12.4 Å². The van der Waals surface area contributed by atoms with E-state index >= 15 is 0 Å². The number of likely N-dealkylation sites (tertiary alicyclic amines) is 1. The first-order valence-corrected chi connectivity index (χ1v) is 11.2. The first-order chi connectivity index (χ1) is 16.1. The molecule has 1 N–H and O–H groups in total. The quantitative estimate of drug-likeness (QED) is 0.496. The number of nitrogens with zero attached hydrogens (tertiary/aromatic N) is 1. The van der Waals surface area contributed by atoms with Gasteiger partial charge in [-0.1, -0.05) is 48.5 Å². The molecule has 2 amide bonds. The van der Waals surface area contributed by atoms with Gasteiger partial charge in [-0.25, -0.2) is 0 Å². The average molecular weight is 441 g/mol. The molecular weight excluding hydrogens is 412 g/mol. The number of ether oxygens (including phenoxy) is 1. The van der Waals surface area contributed by atoms with Gasteiger partial charge in [0, 0.05) is 30.4 Å². The molecular formula is C28H28N2O3. The maximum absolute atomic E-state index is 12.8. The van der Waals surface area contributed by atoms with Crippen LogP contribution in [0.3, 0.4) is 0 Å². The highest BCUT2D eigenvalue weighted by Gasteiger charge is 2.21. The summed E-state index contributed by atoms with van der Waals surface area (Å²) in [5.41, 5.74) is 4.04. The molecule has 0 aromatic heterocycles. The van der Waals surface area contributed by atoms with Gasteiger partial charge in [-0.2, -0.15) is 0 Å². The van der Waals surface area contributed by atoms with Crippen LogP contribution in [0, 0.1) is 6.92 Å². The number of benzene rings is 3. The standard InChI is InChI=1S/C28H28N2O3/c1-21-25(28(32)30-17-5-6-18-30)13-8-14-26(21)29-27(31)16-15-22-11-7-12-24(19-22)33-20-23-9-3-2-4-10-23/h2-4,7-16,19H,5-6,17-18,20H2,1H3,(H,29,31)/b16-15+. The van der Waals surface area contributed by atoms with Crippen molar-refractivity contribution in [3.63, 3.8) is 0 Å². The number of anilines is 1. The molecule has 0 radical (unpaired) electrons. The summed E-state index contributed by atoms with van der Waals surface area (Å²) in [5.74, 6) is 0.522. The molecule has 0 saturated carbocycles. The maximum Gasteiger partial charge on any atom is 0.254 e. The third kappa shape index (κ3) is 5.89. The first kappa shape index (κ1) is 22.3. The molecule has 0 spiro atoms. The minimum Gasteiger partial charge on any atom is -0.489 e. The lowest BCUT2D eigenvalue weighted by molar-refractivity contribution is -0.111. The molecule has 5 heteroatoms. The zero-order valence-corrected chi connectivity index (χ0v) is 18.8. The lowest BCUT2D eigenvalue weighted by Crippen LogP contribution is -2.28. The molecule has 3 aromatic carbocycles. The van der Waals surface area contributed by atoms with E-state index in [2.05, 4.69) is 5.32 Å². The Balaban J connectivity index is 1.38. The Morgan fingerprint density at radius 3 is 2.52 bits per heavy atom. The van der Waals surface area contributed by atoms with E-state index in [-0.39, 0.29) is 11.8 Å². The zero-order chi connectivity index (χ0) is 23.0. The Hall–Kier alpha value is -3.86. The van der Waals surface area contributed by atoms with E-state index in [1.165, 1.54) is 6.08 Å². The van der Waals surface area contributed by atoms with Crippen molar-refractivity contribution in [3.05, 3.63) is 101 Å². The van der Waals surface area contributed by atoms with Crippen LogP contribution < -0.4 is 10.1 Å². The van der Waals surface area contributed by atoms with Crippen LogP contribution in [0.15, 0.2) is 78.9 Å². The SMILES string of the molecule is Cc1c(NC(=O)/C=C/c2cccc(OCc3ccccc3)c2)cccc1C(=O)N1CCCC1. The van der Waals surface area contributed by atoms with Crippen LogP contribution in [0.2, 0.25) is 0 Å². The van der Waals surface area contributed by atoms with Crippen LogP contribution in [0.4, 0.5) is 5.69 Å². The van der Waals surface area contributed by atoms with Crippen molar-refractivity contribution in [1.29, 1.82) is 0 Å². The zero-order valence-electron chi connectivity index (χ0n) is 18.8. The number of rotatable bonds is 7. The van der Waals surface area contributed by atoms with E-state index in [9.17, 15) is 9.59 Å². The molecule has 1 heterocycles. The topological polar surface area (TPSA) is 58.6 Å². The summed E-state index contributed by atoms with van der Waals surface area (Å²) < 4.78 is 5.86. The van der Waals surface area contributed by atoms with Gasteiger partial charge < -0.3 is 15.0 Å². The van der Waals surface area contributed by atoms with Gasteiger partial charge in [-0.05, 0) is 66.8 Å². The maximum atomic E-state index is 12.8. The van der Waals surface area contributed by atoms with Crippen molar-refractivity contribution in [2.45, 2.75) is 26.4 Å². The predicted molar refractivity (Wildman–Crippen MR) is 131 cm³/mol. The summed E-state index contributed by atoms with van der Waals surface area (Å²) in [7, 11) is 0. The van der Waals surface area contributed by atoms with Crippen molar-refractivity contribution < 1.29 is 14.3 Å². The second-order valence-electron chi connectivity index (χ2n) is 8.15. The highest BCUT2D eigenvalue weighted by Crippen LogP contribution is 2.22. The average Bonchev–Trinajstić information content (AvgIpc) is 3.38.